The highest BCUT2D eigenvalue weighted by atomic mass is 19.1. The smallest absolute Gasteiger partial charge is 0.270 e. The van der Waals surface area contributed by atoms with Gasteiger partial charge < -0.3 is 25.5 Å². The Kier molecular flexibility index (Phi) is 9.87. The summed E-state index contributed by atoms with van der Waals surface area (Å²) in [7, 11) is 2.17. The van der Waals surface area contributed by atoms with E-state index in [4.69, 9.17) is 0 Å². The van der Waals surface area contributed by atoms with E-state index in [9.17, 15) is 23.9 Å². The average Bonchev–Trinajstić information content (AvgIpc) is 3.83. The van der Waals surface area contributed by atoms with Crippen molar-refractivity contribution < 1.29 is 23.9 Å². The molecule has 3 atom stereocenters. The number of carbonyl (C=O) groups is 3. The van der Waals surface area contributed by atoms with Gasteiger partial charge in [-0.15, -0.1) is 0 Å². The molecule has 0 unspecified atom stereocenters. The molecule has 2 aromatic carbocycles. The number of rotatable bonds is 10. The first-order valence-corrected chi connectivity index (χ1v) is 16.8. The molecule has 47 heavy (non-hydrogen) atoms. The number of hydrogen-bond donors (Lipinski definition) is 3. The summed E-state index contributed by atoms with van der Waals surface area (Å²) in [5.74, 6) is -1.19. The van der Waals surface area contributed by atoms with E-state index < -0.39 is 29.8 Å². The van der Waals surface area contributed by atoms with Gasteiger partial charge in [-0.1, -0.05) is 43.5 Å². The van der Waals surface area contributed by atoms with Gasteiger partial charge in [0.25, 0.3) is 5.91 Å². The summed E-state index contributed by atoms with van der Waals surface area (Å²) in [6.07, 6.45) is 12.3. The summed E-state index contributed by atoms with van der Waals surface area (Å²) in [5, 5.41) is 16.7. The fourth-order valence-electron chi connectivity index (χ4n) is 6.82. The molecule has 1 aromatic heterocycles. The standard InChI is InChI=1S/C37H44FN5O4/c1-23(31-15-14-29(19-25(31)11-10-24-8-9-24)42(2)28-6-4-3-5-7-28)40-37(47)34-20-30(44)22-43(34)35(45)21-39-36(46)33-16-12-26-18-27(38)13-17-32(26)41-33/h10-19,23-24,28,30,34,44H,3-9,20-22H2,1-2H3,(H,39,46)(H,40,47)/b11-10+/t23-,30+,34-/m0/s1. The number of carbonyl (C=O) groups excluding carboxylic acids is 3. The van der Waals surface area contributed by atoms with Crippen molar-refractivity contribution in [2.24, 2.45) is 5.92 Å². The number of fused-ring (bicyclic) bond motifs is 1. The minimum Gasteiger partial charge on any atom is -0.391 e. The summed E-state index contributed by atoms with van der Waals surface area (Å²) in [5.41, 5.74) is 3.77. The molecule has 0 bridgehead atoms. The third-order valence-corrected chi connectivity index (χ3v) is 9.78. The van der Waals surface area contributed by atoms with Crippen molar-refractivity contribution in [1.82, 2.24) is 20.5 Å². The first-order chi connectivity index (χ1) is 22.7. The molecule has 3 aliphatic rings. The van der Waals surface area contributed by atoms with Gasteiger partial charge in [0.15, 0.2) is 0 Å². The van der Waals surface area contributed by atoms with Crippen molar-refractivity contribution in [1.29, 1.82) is 0 Å². The number of nitrogens with zero attached hydrogens (tertiary/aromatic N) is 3. The number of likely N-dealkylation sites (tertiary alicyclic amines) is 1. The second kappa shape index (κ2) is 14.2. The van der Waals surface area contributed by atoms with Crippen LogP contribution >= 0.6 is 0 Å². The van der Waals surface area contributed by atoms with Crippen LogP contribution in [0.1, 0.15) is 85.9 Å². The SMILES string of the molecule is C[C@H](NC(=O)[C@@H]1C[C@@H](O)CN1C(=O)CNC(=O)c1ccc2cc(F)ccc2n1)c1ccc(N(C)C2CCCCC2)cc1/C=C/C1CC1. The number of amides is 3. The van der Waals surface area contributed by atoms with Crippen LogP contribution in [-0.2, 0) is 9.59 Å². The molecule has 9 nitrogen and oxygen atoms in total. The molecule has 2 heterocycles. The Morgan fingerprint density at radius 3 is 2.62 bits per heavy atom. The molecule has 3 N–H and O–H groups in total. The lowest BCUT2D eigenvalue weighted by Gasteiger charge is -2.33. The van der Waals surface area contributed by atoms with Crippen LogP contribution in [0.25, 0.3) is 17.0 Å². The number of halogens is 1. The summed E-state index contributed by atoms with van der Waals surface area (Å²) in [6.45, 7) is 1.58. The van der Waals surface area contributed by atoms with Crippen LogP contribution < -0.4 is 15.5 Å². The number of anilines is 1. The normalized spacial score (nSPS) is 20.8. The highest BCUT2D eigenvalue weighted by molar-refractivity contribution is 5.97. The molecular formula is C37H44FN5O4. The van der Waals surface area contributed by atoms with Gasteiger partial charge >= 0.3 is 0 Å². The molecule has 248 valence electrons. The minimum absolute atomic E-state index is 0.00145. The highest BCUT2D eigenvalue weighted by Crippen LogP contribution is 2.34. The Labute approximate surface area is 275 Å². The highest BCUT2D eigenvalue weighted by Gasteiger charge is 2.39. The largest absolute Gasteiger partial charge is 0.391 e. The van der Waals surface area contributed by atoms with E-state index in [0.29, 0.717) is 22.9 Å². The van der Waals surface area contributed by atoms with Gasteiger partial charge in [0.05, 0.1) is 24.2 Å². The van der Waals surface area contributed by atoms with Crippen LogP contribution in [0.3, 0.4) is 0 Å². The van der Waals surface area contributed by atoms with E-state index in [2.05, 4.69) is 57.9 Å². The number of aliphatic hydroxyl groups is 1. The van der Waals surface area contributed by atoms with E-state index in [1.54, 1.807) is 6.07 Å². The third kappa shape index (κ3) is 7.81. The van der Waals surface area contributed by atoms with Gasteiger partial charge in [0, 0.05) is 37.1 Å². The van der Waals surface area contributed by atoms with E-state index in [1.807, 2.05) is 6.92 Å². The van der Waals surface area contributed by atoms with Crippen molar-refractivity contribution in [2.75, 3.05) is 25.0 Å². The van der Waals surface area contributed by atoms with Crippen LogP contribution in [0.4, 0.5) is 10.1 Å². The summed E-state index contributed by atoms with van der Waals surface area (Å²) in [6, 6.07) is 12.9. The summed E-state index contributed by atoms with van der Waals surface area (Å²) in [4.78, 5) is 47.6. The molecule has 3 aromatic rings. The van der Waals surface area contributed by atoms with Crippen LogP contribution in [0, 0.1) is 11.7 Å². The summed E-state index contributed by atoms with van der Waals surface area (Å²) >= 11 is 0. The number of pyridine rings is 1. The van der Waals surface area contributed by atoms with Crippen molar-refractivity contribution >= 4 is 40.4 Å². The second-order valence-electron chi connectivity index (χ2n) is 13.3. The van der Waals surface area contributed by atoms with Crippen LogP contribution in [0.2, 0.25) is 0 Å². The molecule has 3 fully saturated rings. The Morgan fingerprint density at radius 2 is 1.85 bits per heavy atom. The number of nitrogens with one attached hydrogen (secondary N) is 2. The first kappa shape index (κ1) is 32.6. The molecule has 0 radical (unpaired) electrons. The molecule has 2 aliphatic carbocycles. The Hall–Kier alpha value is -4.31. The number of aromatic nitrogens is 1. The van der Waals surface area contributed by atoms with Gasteiger partial charge in [-0.2, -0.15) is 0 Å². The Bertz CT molecular complexity index is 1670. The van der Waals surface area contributed by atoms with E-state index in [-0.39, 0.29) is 37.2 Å². The van der Waals surface area contributed by atoms with Gasteiger partial charge in [-0.25, -0.2) is 9.37 Å². The number of hydrogen-bond acceptors (Lipinski definition) is 6. The zero-order valence-electron chi connectivity index (χ0n) is 27.1. The molecule has 1 saturated heterocycles. The number of allylic oxidation sites excluding steroid dienone is 1. The average molecular weight is 642 g/mol. The molecular weight excluding hydrogens is 597 g/mol. The van der Waals surface area contributed by atoms with Gasteiger partial charge in [0.2, 0.25) is 11.8 Å². The fraction of sp³-hybridized carbons (Fsp3) is 0.459. The third-order valence-electron chi connectivity index (χ3n) is 9.78. The monoisotopic (exact) mass is 641 g/mol. The number of β-amino-alcohol motifs (C(OH)–C–C–N with tert-alkyl or cyclic N) is 1. The van der Waals surface area contributed by atoms with Crippen molar-refractivity contribution in [3.05, 3.63) is 77.2 Å². The van der Waals surface area contributed by atoms with Gasteiger partial charge in [0.1, 0.15) is 17.6 Å². The predicted molar refractivity (Wildman–Crippen MR) is 180 cm³/mol. The minimum atomic E-state index is -0.868. The molecule has 0 spiro atoms. The van der Waals surface area contributed by atoms with E-state index in [1.165, 1.54) is 79.8 Å². The first-order valence-electron chi connectivity index (χ1n) is 16.8. The number of aliphatic hydroxyl groups excluding tert-OH is 1. The van der Waals surface area contributed by atoms with Crippen LogP contribution in [0.15, 0.2) is 54.6 Å². The van der Waals surface area contributed by atoms with Gasteiger partial charge in [-0.3, -0.25) is 14.4 Å². The topological polar surface area (TPSA) is 115 Å². The molecule has 1 aliphatic heterocycles. The lowest BCUT2D eigenvalue weighted by Crippen LogP contribution is -2.49. The van der Waals surface area contributed by atoms with Crippen molar-refractivity contribution in [2.45, 2.75) is 82.5 Å². The zero-order valence-corrected chi connectivity index (χ0v) is 27.1. The Balaban J connectivity index is 1.11. The summed E-state index contributed by atoms with van der Waals surface area (Å²) < 4.78 is 13.5. The van der Waals surface area contributed by atoms with Crippen molar-refractivity contribution in [3.8, 4) is 0 Å². The zero-order chi connectivity index (χ0) is 33.1. The molecule has 3 amide bonds. The van der Waals surface area contributed by atoms with Crippen molar-refractivity contribution in [3.63, 3.8) is 0 Å². The second-order valence-corrected chi connectivity index (χ2v) is 13.3. The van der Waals surface area contributed by atoms with E-state index >= 15 is 0 Å². The molecule has 2 saturated carbocycles. The lowest BCUT2D eigenvalue weighted by atomic mass is 9.93. The maximum atomic E-state index is 13.6. The predicted octanol–water partition coefficient (Wildman–Crippen LogP) is 5.14. The number of benzene rings is 2. The quantitative estimate of drug-likeness (QED) is 0.283. The Morgan fingerprint density at radius 1 is 1.06 bits per heavy atom. The lowest BCUT2D eigenvalue weighted by molar-refractivity contribution is -0.138. The maximum Gasteiger partial charge on any atom is 0.270 e. The molecule has 6 rings (SSSR count). The van der Waals surface area contributed by atoms with Crippen LogP contribution in [-0.4, -0.2) is 71.0 Å². The fourth-order valence-corrected chi connectivity index (χ4v) is 6.82. The van der Waals surface area contributed by atoms with Crippen LogP contribution in [0.5, 0.6) is 0 Å². The van der Waals surface area contributed by atoms with Gasteiger partial charge in [-0.05, 0) is 86.1 Å². The maximum absolute atomic E-state index is 13.6. The molecule has 10 heteroatoms. The van der Waals surface area contributed by atoms with E-state index in [0.717, 1.165) is 11.1 Å².